The number of piperazine rings is 1. The quantitative estimate of drug-likeness (QED) is 0.424. The van der Waals surface area contributed by atoms with E-state index in [1.165, 1.54) is 24.9 Å². The molecule has 2 aliphatic rings. The van der Waals surface area contributed by atoms with Gasteiger partial charge >= 0.3 is 0 Å². The molecule has 0 aliphatic carbocycles. The van der Waals surface area contributed by atoms with Crippen LogP contribution in [0.2, 0.25) is 0 Å². The number of carbonyl (C=O) groups is 1. The summed E-state index contributed by atoms with van der Waals surface area (Å²) < 4.78 is 0. The highest BCUT2D eigenvalue weighted by Crippen LogP contribution is 2.33. The molecular formula is C32H42N6O. The van der Waals surface area contributed by atoms with Crippen molar-refractivity contribution in [1.82, 2.24) is 20.1 Å². The Labute approximate surface area is 233 Å². The number of piperidine rings is 1. The minimum atomic E-state index is -0.0973. The van der Waals surface area contributed by atoms with Crippen molar-refractivity contribution < 1.29 is 4.79 Å². The van der Waals surface area contributed by atoms with E-state index in [9.17, 15) is 4.79 Å². The van der Waals surface area contributed by atoms with E-state index in [-0.39, 0.29) is 5.91 Å². The Morgan fingerprint density at radius 3 is 2.62 bits per heavy atom. The lowest BCUT2D eigenvalue weighted by Crippen LogP contribution is -2.45. The third-order valence-corrected chi connectivity index (χ3v) is 7.81. The topological polar surface area (TPSA) is 63.7 Å². The van der Waals surface area contributed by atoms with E-state index in [2.05, 4.69) is 68.6 Å². The molecule has 3 heterocycles. The van der Waals surface area contributed by atoms with Gasteiger partial charge in [-0.1, -0.05) is 12.1 Å². The van der Waals surface area contributed by atoms with Crippen LogP contribution >= 0.6 is 0 Å². The number of nitrogens with one attached hydrogen (secondary N) is 2. The van der Waals surface area contributed by atoms with Crippen molar-refractivity contribution in [2.45, 2.75) is 32.7 Å². The van der Waals surface area contributed by atoms with Crippen molar-refractivity contribution in [2.75, 3.05) is 69.6 Å². The predicted octanol–water partition coefficient (Wildman–Crippen LogP) is 4.64. The van der Waals surface area contributed by atoms with Gasteiger partial charge in [0.2, 0.25) is 0 Å². The fourth-order valence-electron chi connectivity index (χ4n) is 5.53. The summed E-state index contributed by atoms with van der Waals surface area (Å²) in [6.07, 6.45) is 5.57. The normalized spacial score (nSPS) is 16.4. The number of pyridine rings is 1. The minimum Gasteiger partial charge on any atom is -0.372 e. The average molecular weight is 527 g/mol. The Kier molecular flexibility index (Phi) is 9.24. The van der Waals surface area contributed by atoms with E-state index in [0.29, 0.717) is 5.56 Å². The number of rotatable bonds is 9. The van der Waals surface area contributed by atoms with Crippen LogP contribution in [0, 0.1) is 6.92 Å². The van der Waals surface area contributed by atoms with Crippen LogP contribution in [0.5, 0.6) is 0 Å². The smallest absolute Gasteiger partial charge is 0.255 e. The number of hydrogen-bond donors (Lipinski definition) is 2. The Morgan fingerprint density at radius 2 is 1.82 bits per heavy atom. The number of hydrogen-bond acceptors (Lipinski definition) is 6. The highest BCUT2D eigenvalue weighted by Gasteiger charge is 2.17. The second kappa shape index (κ2) is 13.2. The maximum atomic E-state index is 13.5. The van der Waals surface area contributed by atoms with Crippen molar-refractivity contribution in [3.8, 4) is 11.3 Å². The number of likely N-dealkylation sites (N-methyl/N-ethyl adjacent to an activating group) is 1. The summed E-state index contributed by atoms with van der Waals surface area (Å²) in [5, 5.41) is 6.61. The summed E-state index contributed by atoms with van der Waals surface area (Å²) in [4.78, 5) is 25.4. The van der Waals surface area contributed by atoms with Crippen LogP contribution in [-0.4, -0.2) is 80.1 Å². The van der Waals surface area contributed by atoms with Crippen molar-refractivity contribution in [3.63, 3.8) is 0 Å². The fourth-order valence-corrected chi connectivity index (χ4v) is 5.53. The molecule has 7 heteroatoms. The molecule has 2 fully saturated rings. The lowest BCUT2D eigenvalue weighted by molar-refractivity contribution is 0.102. The van der Waals surface area contributed by atoms with Crippen LogP contribution < -0.4 is 15.5 Å². The van der Waals surface area contributed by atoms with Crippen LogP contribution in [0.25, 0.3) is 11.3 Å². The molecule has 0 radical (unpaired) electrons. The Bertz CT molecular complexity index is 1250. The van der Waals surface area contributed by atoms with Gasteiger partial charge in [0.05, 0.1) is 11.4 Å². The zero-order valence-corrected chi connectivity index (χ0v) is 23.5. The number of anilines is 2. The first-order valence-electron chi connectivity index (χ1n) is 14.4. The molecule has 2 saturated heterocycles. The molecule has 1 amide bonds. The average Bonchev–Trinajstić information content (AvgIpc) is 2.97. The standard InChI is InChI=1S/C32H42N6O/c1-25-11-12-34-31(21-25)29-23-28(38-15-4-3-5-16-38)9-10-30(29)35-32(39)27-8-6-7-26(22-27)24-36(2)19-20-37-17-13-33-14-18-37/h6-12,21-23,33H,3-5,13-20,24H2,1-2H3,(H,35,39). The van der Waals surface area contributed by atoms with E-state index in [0.717, 1.165) is 87.0 Å². The molecule has 206 valence electrons. The highest BCUT2D eigenvalue weighted by molar-refractivity contribution is 6.06. The lowest BCUT2D eigenvalue weighted by Gasteiger charge is -2.29. The van der Waals surface area contributed by atoms with Crippen molar-refractivity contribution >= 4 is 17.3 Å². The van der Waals surface area contributed by atoms with Gasteiger partial charge in [-0.2, -0.15) is 0 Å². The Hall–Kier alpha value is -3.26. The fraction of sp³-hybridized carbons (Fsp3) is 0.438. The van der Waals surface area contributed by atoms with E-state index in [4.69, 9.17) is 0 Å². The van der Waals surface area contributed by atoms with Crippen LogP contribution in [0.1, 0.15) is 40.7 Å². The molecule has 0 bridgehead atoms. The number of aryl methyl sites for hydroxylation is 1. The molecule has 7 nitrogen and oxygen atoms in total. The van der Waals surface area contributed by atoms with Gasteiger partial charge in [-0.3, -0.25) is 14.7 Å². The van der Waals surface area contributed by atoms with Crippen LogP contribution in [0.3, 0.4) is 0 Å². The van der Waals surface area contributed by atoms with Crippen molar-refractivity contribution in [1.29, 1.82) is 0 Å². The summed E-state index contributed by atoms with van der Waals surface area (Å²) >= 11 is 0. The SMILES string of the molecule is Cc1ccnc(-c2cc(N3CCCCC3)ccc2NC(=O)c2cccc(CN(C)CCN3CCNCC3)c2)c1. The maximum Gasteiger partial charge on any atom is 0.255 e. The van der Waals surface area contributed by atoms with E-state index >= 15 is 0 Å². The van der Waals surface area contributed by atoms with Crippen molar-refractivity contribution in [2.24, 2.45) is 0 Å². The van der Waals surface area contributed by atoms with Crippen LogP contribution in [0.15, 0.2) is 60.8 Å². The Balaban J connectivity index is 1.30. The summed E-state index contributed by atoms with van der Waals surface area (Å²) in [6, 6.07) is 18.4. The molecular weight excluding hydrogens is 484 g/mol. The number of amides is 1. The first kappa shape index (κ1) is 27.3. The van der Waals surface area contributed by atoms with Crippen molar-refractivity contribution in [3.05, 3.63) is 77.5 Å². The van der Waals surface area contributed by atoms with E-state index in [1.54, 1.807) is 0 Å². The van der Waals surface area contributed by atoms with E-state index < -0.39 is 0 Å². The van der Waals surface area contributed by atoms with Gasteiger partial charge in [0, 0.05) is 81.9 Å². The highest BCUT2D eigenvalue weighted by atomic mass is 16.1. The van der Waals surface area contributed by atoms with Gasteiger partial charge in [-0.15, -0.1) is 0 Å². The lowest BCUT2D eigenvalue weighted by atomic mass is 10.0. The van der Waals surface area contributed by atoms with Crippen LogP contribution in [0.4, 0.5) is 11.4 Å². The molecule has 1 aromatic heterocycles. The van der Waals surface area contributed by atoms with Gasteiger partial charge in [0.15, 0.2) is 0 Å². The predicted molar refractivity (Wildman–Crippen MR) is 161 cm³/mol. The zero-order chi connectivity index (χ0) is 27.0. The number of benzene rings is 2. The molecule has 0 atom stereocenters. The minimum absolute atomic E-state index is 0.0973. The van der Waals surface area contributed by atoms with Gasteiger partial charge in [0.25, 0.3) is 5.91 Å². The third-order valence-electron chi connectivity index (χ3n) is 7.81. The molecule has 2 aromatic carbocycles. The summed E-state index contributed by atoms with van der Waals surface area (Å²) in [5.74, 6) is -0.0973. The number of aromatic nitrogens is 1. The largest absolute Gasteiger partial charge is 0.372 e. The molecule has 2 aliphatic heterocycles. The van der Waals surface area contributed by atoms with Gasteiger partial charge in [0.1, 0.15) is 0 Å². The molecule has 3 aromatic rings. The zero-order valence-electron chi connectivity index (χ0n) is 23.5. The second-order valence-corrected chi connectivity index (χ2v) is 11.0. The van der Waals surface area contributed by atoms with Gasteiger partial charge in [-0.25, -0.2) is 0 Å². The second-order valence-electron chi connectivity index (χ2n) is 11.0. The first-order valence-corrected chi connectivity index (χ1v) is 14.4. The summed E-state index contributed by atoms with van der Waals surface area (Å²) in [6.45, 7) is 11.5. The monoisotopic (exact) mass is 526 g/mol. The maximum absolute atomic E-state index is 13.5. The van der Waals surface area contributed by atoms with Gasteiger partial charge in [-0.05, 0) is 86.8 Å². The molecule has 0 unspecified atom stereocenters. The molecule has 5 rings (SSSR count). The summed E-state index contributed by atoms with van der Waals surface area (Å²) in [5.41, 5.74) is 6.78. The van der Waals surface area contributed by atoms with E-state index in [1.807, 2.05) is 36.5 Å². The molecule has 39 heavy (non-hydrogen) atoms. The van der Waals surface area contributed by atoms with Crippen LogP contribution in [-0.2, 0) is 6.54 Å². The Morgan fingerprint density at radius 1 is 1.00 bits per heavy atom. The third kappa shape index (κ3) is 7.44. The van der Waals surface area contributed by atoms with Gasteiger partial charge < -0.3 is 20.4 Å². The number of nitrogens with zero attached hydrogens (tertiary/aromatic N) is 4. The molecule has 0 saturated carbocycles. The summed E-state index contributed by atoms with van der Waals surface area (Å²) in [7, 11) is 2.15. The first-order chi connectivity index (χ1) is 19.0. The molecule has 2 N–H and O–H groups in total. The molecule has 0 spiro atoms. The number of carbonyl (C=O) groups excluding carboxylic acids is 1.